The standard InChI is InChI=1S/C24H18BrN3O3S/c25-17-11-12-20(31-15-22(26)29)16(13-17)14-21-23(30)28(19-9-5-2-6-10-19)24(32-21)27-18-7-3-1-4-8-18/h1-14H,15H2,(H2,26,29)/b21-14-,27-24?. The zero-order valence-corrected chi connectivity index (χ0v) is 19.2. The first kappa shape index (κ1) is 21.9. The van der Waals surface area contributed by atoms with E-state index in [2.05, 4.69) is 15.9 Å². The van der Waals surface area contributed by atoms with Gasteiger partial charge in [-0.1, -0.05) is 52.3 Å². The monoisotopic (exact) mass is 507 g/mol. The fourth-order valence-corrected chi connectivity index (χ4v) is 4.39. The Morgan fingerprint density at radius 2 is 1.75 bits per heavy atom. The van der Waals surface area contributed by atoms with E-state index in [9.17, 15) is 9.59 Å². The molecule has 6 nitrogen and oxygen atoms in total. The minimum absolute atomic E-state index is 0.197. The van der Waals surface area contributed by atoms with Gasteiger partial charge in [0.1, 0.15) is 5.75 Å². The molecule has 0 atom stereocenters. The molecule has 1 saturated heterocycles. The number of halogens is 1. The van der Waals surface area contributed by atoms with Gasteiger partial charge in [0.2, 0.25) is 0 Å². The van der Waals surface area contributed by atoms with E-state index in [1.54, 1.807) is 23.1 Å². The van der Waals surface area contributed by atoms with Crippen LogP contribution in [0.15, 0.2) is 93.2 Å². The number of amides is 2. The molecule has 1 aliphatic rings. The van der Waals surface area contributed by atoms with Crippen molar-refractivity contribution in [3.63, 3.8) is 0 Å². The molecule has 8 heteroatoms. The predicted molar refractivity (Wildman–Crippen MR) is 132 cm³/mol. The van der Waals surface area contributed by atoms with Crippen molar-refractivity contribution in [1.29, 1.82) is 0 Å². The van der Waals surface area contributed by atoms with Gasteiger partial charge in [0.15, 0.2) is 11.8 Å². The summed E-state index contributed by atoms with van der Waals surface area (Å²) in [5.74, 6) is -0.324. The Morgan fingerprint density at radius 1 is 1.06 bits per heavy atom. The van der Waals surface area contributed by atoms with E-state index in [1.807, 2.05) is 66.7 Å². The molecule has 3 aromatic rings. The van der Waals surface area contributed by atoms with Crippen molar-refractivity contribution in [3.8, 4) is 5.75 Å². The molecule has 0 spiro atoms. The number of hydrogen-bond donors (Lipinski definition) is 1. The number of nitrogens with two attached hydrogens (primary N) is 1. The van der Waals surface area contributed by atoms with Gasteiger partial charge in [0.05, 0.1) is 16.3 Å². The third-order valence-electron chi connectivity index (χ3n) is 4.43. The molecule has 32 heavy (non-hydrogen) atoms. The van der Waals surface area contributed by atoms with Gasteiger partial charge in [0, 0.05) is 10.0 Å². The highest BCUT2D eigenvalue weighted by atomic mass is 79.9. The molecule has 1 heterocycles. The average molecular weight is 508 g/mol. The van der Waals surface area contributed by atoms with E-state index in [-0.39, 0.29) is 12.5 Å². The van der Waals surface area contributed by atoms with Gasteiger partial charge in [-0.3, -0.25) is 14.5 Å². The number of para-hydroxylation sites is 2. The van der Waals surface area contributed by atoms with Crippen LogP contribution in [0.3, 0.4) is 0 Å². The molecule has 0 radical (unpaired) electrons. The summed E-state index contributed by atoms with van der Waals surface area (Å²) in [7, 11) is 0. The molecule has 4 rings (SSSR count). The van der Waals surface area contributed by atoms with Crippen LogP contribution in [0.2, 0.25) is 0 Å². The number of thioether (sulfide) groups is 1. The second-order valence-corrected chi connectivity index (χ2v) is 8.68. The molecular weight excluding hydrogens is 490 g/mol. The van der Waals surface area contributed by atoms with E-state index in [4.69, 9.17) is 15.5 Å². The lowest BCUT2D eigenvalue weighted by molar-refractivity contribution is -0.120. The summed E-state index contributed by atoms with van der Waals surface area (Å²) < 4.78 is 6.34. The number of ether oxygens (including phenoxy) is 1. The lowest BCUT2D eigenvalue weighted by Crippen LogP contribution is -2.28. The number of aliphatic imine (C=N–C) groups is 1. The molecule has 160 valence electrons. The van der Waals surface area contributed by atoms with Crippen LogP contribution < -0.4 is 15.4 Å². The first-order valence-corrected chi connectivity index (χ1v) is 11.3. The van der Waals surface area contributed by atoms with E-state index < -0.39 is 5.91 Å². The van der Waals surface area contributed by atoms with Crippen LogP contribution in [0.1, 0.15) is 5.56 Å². The molecular formula is C24H18BrN3O3S. The first-order chi connectivity index (χ1) is 15.5. The fourth-order valence-electron chi connectivity index (χ4n) is 3.02. The number of amidine groups is 1. The van der Waals surface area contributed by atoms with Crippen molar-refractivity contribution in [3.05, 3.63) is 93.8 Å². The number of anilines is 1. The highest BCUT2D eigenvalue weighted by Crippen LogP contribution is 2.38. The maximum absolute atomic E-state index is 13.4. The summed E-state index contributed by atoms with van der Waals surface area (Å²) in [5.41, 5.74) is 7.33. The molecule has 2 N–H and O–H groups in total. The lowest BCUT2D eigenvalue weighted by atomic mass is 10.2. The Bertz CT molecular complexity index is 1210. The van der Waals surface area contributed by atoms with Gasteiger partial charge < -0.3 is 10.5 Å². The summed E-state index contributed by atoms with van der Waals surface area (Å²) in [6, 6.07) is 24.2. The highest BCUT2D eigenvalue weighted by molar-refractivity contribution is 9.10. The Morgan fingerprint density at radius 3 is 2.44 bits per heavy atom. The first-order valence-electron chi connectivity index (χ1n) is 9.65. The van der Waals surface area contributed by atoms with Crippen molar-refractivity contribution in [2.24, 2.45) is 10.7 Å². The van der Waals surface area contributed by atoms with Crippen molar-refractivity contribution in [2.75, 3.05) is 11.5 Å². The number of benzene rings is 3. The molecule has 0 saturated carbocycles. The topological polar surface area (TPSA) is 85.0 Å². The molecule has 0 aromatic heterocycles. The Balaban J connectivity index is 1.75. The molecule has 2 amide bonds. The van der Waals surface area contributed by atoms with Crippen LogP contribution in [-0.4, -0.2) is 23.6 Å². The minimum atomic E-state index is -0.578. The number of carbonyl (C=O) groups is 2. The molecule has 0 unspecified atom stereocenters. The van der Waals surface area contributed by atoms with Gasteiger partial charge in [0.25, 0.3) is 11.8 Å². The molecule has 0 aliphatic carbocycles. The van der Waals surface area contributed by atoms with Crippen LogP contribution in [0.5, 0.6) is 5.75 Å². The summed E-state index contributed by atoms with van der Waals surface area (Å²) in [5, 5.41) is 0.549. The van der Waals surface area contributed by atoms with E-state index >= 15 is 0 Å². The highest BCUT2D eigenvalue weighted by Gasteiger charge is 2.35. The smallest absolute Gasteiger partial charge is 0.271 e. The lowest BCUT2D eigenvalue weighted by Gasteiger charge is -2.15. The largest absolute Gasteiger partial charge is 0.483 e. The van der Waals surface area contributed by atoms with Crippen LogP contribution in [0, 0.1) is 0 Å². The molecule has 3 aromatic carbocycles. The van der Waals surface area contributed by atoms with Gasteiger partial charge >= 0.3 is 0 Å². The summed E-state index contributed by atoms with van der Waals surface area (Å²) >= 11 is 4.72. The van der Waals surface area contributed by atoms with Crippen LogP contribution in [0.4, 0.5) is 11.4 Å². The van der Waals surface area contributed by atoms with E-state index in [0.29, 0.717) is 21.4 Å². The maximum Gasteiger partial charge on any atom is 0.271 e. The van der Waals surface area contributed by atoms with Gasteiger partial charge in [-0.05, 0) is 60.3 Å². The zero-order chi connectivity index (χ0) is 22.5. The Kier molecular flexibility index (Phi) is 6.72. The predicted octanol–water partition coefficient (Wildman–Crippen LogP) is 5.12. The van der Waals surface area contributed by atoms with Gasteiger partial charge in [-0.2, -0.15) is 0 Å². The van der Waals surface area contributed by atoms with E-state index in [1.165, 1.54) is 11.8 Å². The van der Waals surface area contributed by atoms with Crippen LogP contribution in [-0.2, 0) is 9.59 Å². The Labute approximate surface area is 197 Å². The second-order valence-electron chi connectivity index (χ2n) is 6.75. The minimum Gasteiger partial charge on any atom is -0.483 e. The van der Waals surface area contributed by atoms with Gasteiger partial charge in [-0.15, -0.1) is 0 Å². The van der Waals surface area contributed by atoms with Gasteiger partial charge in [-0.25, -0.2) is 4.99 Å². The van der Waals surface area contributed by atoms with Crippen LogP contribution >= 0.6 is 27.7 Å². The summed E-state index contributed by atoms with van der Waals surface area (Å²) in [6.07, 6.45) is 1.73. The van der Waals surface area contributed by atoms with Crippen molar-refractivity contribution >= 4 is 62.1 Å². The molecule has 1 aliphatic heterocycles. The number of carbonyl (C=O) groups excluding carboxylic acids is 2. The van der Waals surface area contributed by atoms with E-state index in [0.717, 1.165) is 15.8 Å². The fraction of sp³-hybridized carbons (Fsp3) is 0.0417. The quantitative estimate of drug-likeness (QED) is 0.469. The molecule has 1 fully saturated rings. The number of nitrogens with zero attached hydrogens (tertiary/aromatic N) is 2. The second kappa shape index (κ2) is 9.84. The Hall–Kier alpha value is -3.36. The number of rotatable bonds is 6. The normalized spacial score (nSPS) is 16.0. The SMILES string of the molecule is NC(=O)COc1ccc(Br)cc1/C=C1\SC(=Nc2ccccc2)N(c2ccccc2)C1=O. The number of hydrogen-bond acceptors (Lipinski definition) is 5. The zero-order valence-electron chi connectivity index (χ0n) is 16.8. The average Bonchev–Trinajstić information content (AvgIpc) is 3.09. The van der Waals surface area contributed by atoms with Crippen molar-refractivity contribution in [2.45, 2.75) is 0 Å². The summed E-state index contributed by atoms with van der Waals surface area (Å²) in [4.78, 5) is 31.3. The number of primary amides is 1. The van der Waals surface area contributed by atoms with Crippen molar-refractivity contribution < 1.29 is 14.3 Å². The summed E-state index contributed by atoms with van der Waals surface area (Å²) in [6.45, 7) is -0.254. The molecule has 0 bridgehead atoms. The van der Waals surface area contributed by atoms with Crippen molar-refractivity contribution in [1.82, 2.24) is 0 Å². The maximum atomic E-state index is 13.4. The van der Waals surface area contributed by atoms with Crippen LogP contribution in [0.25, 0.3) is 6.08 Å². The third kappa shape index (κ3) is 5.09. The third-order valence-corrected chi connectivity index (χ3v) is 5.89.